The van der Waals surface area contributed by atoms with Crippen LogP contribution in [0.15, 0.2) is 10.9 Å². The lowest BCUT2D eigenvalue weighted by atomic mass is 10.1. The van der Waals surface area contributed by atoms with Gasteiger partial charge in [0.05, 0.1) is 24.7 Å². The molecule has 1 saturated heterocycles. The van der Waals surface area contributed by atoms with Gasteiger partial charge in [-0.3, -0.25) is 0 Å². The number of aromatic nitrogens is 4. The summed E-state index contributed by atoms with van der Waals surface area (Å²) >= 11 is 3.49. The zero-order valence-electron chi connectivity index (χ0n) is 11.9. The average Bonchev–Trinajstić information content (AvgIpc) is 2.80. The van der Waals surface area contributed by atoms with Crippen LogP contribution in [0.1, 0.15) is 12.8 Å². The molecule has 1 atom stereocenters. The summed E-state index contributed by atoms with van der Waals surface area (Å²) in [4.78, 5) is 11.0. The molecule has 114 valence electrons. The lowest BCUT2D eigenvalue weighted by Crippen LogP contribution is -2.40. The number of ether oxygens (including phenoxy) is 1. The van der Waals surface area contributed by atoms with E-state index < -0.39 is 0 Å². The summed E-state index contributed by atoms with van der Waals surface area (Å²) in [6, 6.07) is 0. The average molecular weight is 356 g/mol. The van der Waals surface area contributed by atoms with Crippen molar-refractivity contribution in [2.45, 2.75) is 18.9 Å². The Kier molecular flexibility index (Phi) is 4.37. The van der Waals surface area contributed by atoms with Gasteiger partial charge in [0, 0.05) is 20.1 Å². The molecule has 21 heavy (non-hydrogen) atoms. The van der Waals surface area contributed by atoms with Gasteiger partial charge in [-0.15, -0.1) is 0 Å². The van der Waals surface area contributed by atoms with Crippen molar-refractivity contribution in [1.82, 2.24) is 19.7 Å². The first kappa shape index (κ1) is 14.7. The summed E-state index contributed by atoms with van der Waals surface area (Å²) in [5, 5.41) is 14.2. The maximum atomic E-state index is 8.88. The maximum absolute atomic E-state index is 8.88. The van der Waals surface area contributed by atoms with E-state index in [1.165, 1.54) is 0 Å². The number of halogens is 1. The summed E-state index contributed by atoms with van der Waals surface area (Å²) in [7, 11) is 1.87. The monoisotopic (exact) mass is 355 g/mol. The van der Waals surface area contributed by atoms with E-state index in [1.54, 1.807) is 11.0 Å². The molecular formula is C13H18BrN5O2. The highest BCUT2D eigenvalue weighted by Crippen LogP contribution is 2.31. The number of hydrogen-bond acceptors (Lipinski definition) is 6. The standard InChI is InChI=1S/C13H18BrN5O2/c1-18-12-10(11(14)17-18)13(16-8-15-12)19-4-2-3-9(7-19)21-6-5-20/h8-9,20H,2-7H2,1H3. The Balaban J connectivity index is 1.89. The second-order valence-corrected chi connectivity index (χ2v) is 5.87. The molecule has 1 aliphatic heterocycles. The quantitative estimate of drug-likeness (QED) is 0.884. The second kappa shape index (κ2) is 6.25. The minimum Gasteiger partial charge on any atom is -0.394 e. The molecule has 1 N–H and O–H groups in total. The first-order valence-corrected chi connectivity index (χ1v) is 7.80. The molecule has 0 radical (unpaired) electrons. The van der Waals surface area contributed by atoms with Crippen LogP contribution in [0.2, 0.25) is 0 Å². The number of piperidine rings is 1. The zero-order chi connectivity index (χ0) is 14.8. The van der Waals surface area contributed by atoms with E-state index in [0.29, 0.717) is 6.61 Å². The maximum Gasteiger partial charge on any atom is 0.164 e. The van der Waals surface area contributed by atoms with Gasteiger partial charge in [0.25, 0.3) is 0 Å². The third kappa shape index (κ3) is 2.88. The Labute approximate surface area is 131 Å². The molecule has 0 aliphatic carbocycles. The van der Waals surface area contributed by atoms with E-state index >= 15 is 0 Å². The Morgan fingerprint density at radius 3 is 3.14 bits per heavy atom. The van der Waals surface area contributed by atoms with E-state index in [2.05, 4.69) is 35.9 Å². The van der Waals surface area contributed by atoms with Crippen molar-refractivity contribution in [3.8, 4) is 0 Å². The summed E-state index contributed by atoms with van der Waals surface area (Å²) in [5.74, 6) is 0.886. The first-order chi connectivity index (χ1) is 10.2. The van der Waals surface area contributed by atoms with Gasteiger partial charge in [-0.1, -0.05) is 0 Å². The summed E-state index contributed by atoms with van der Waals surface area (Å²) in [5.41, 5.74) is 0.810. The lowest BCUT2D eigenvalue weighted by Gasteiger charge is -2.33. The lowest BCUT2D eigenvalue weighted by molar-refractivity contribution is 0.0214. The van der Waals surface area contributed by atoms with Gasteiger partial charge < -0.3 is 14.7 Å². The van der Waals surface area contributed by atoms with Gasteiger partial charge in [-0.25, -0.2) is 14.6 Å². The zero-order valence-corrected chi connectivity index (χ0v) is 13.5. The van der Waals surface area contributed by atoms with E-state index in [1.807, 2.05) is 7.05 Å². The first-order valence-electron chi connectivity index (χ1n) is 7.01. The van der Waals surface area contributed by atoms with Crippen LogP contribution in [0.25, 0.3) is 11.0 Å². The molecule has 7 nitrogen and oxygen atoms in total. The van der Waals surface area contributed by atoms with Gasteiger partial charge >= 0.3 is 0 Å². The molecule has 0 amide bonds. The molecule has 1 aliphatic rings. The number of aliphatic hydroxyl groups is 1. The van der Waals surface area contributed by atoms with Crippen molar-refractivity contribution in [3.05, 3.63) is 10.9 Å². The second-order valence-electron chi connectivity index (χ2n) is 5.11. The Morgan fingerprint density at radius 1 is 1.48 bits per heavy atom. The van der Waals surface area contributed by atoms with Crippen LogP contribution in [0.5, 0.6) is 0 Å². The predicted octanol–water partition coefficient (Wildman–Crippen LogP) is 1.10. The highest BCUT2D eigenvalue weighted by molar-refractivity contribution is 9.10. The van der Waals surface area contributed by atoms with Crippen molar-refractivity contribution < 1.29 is 9.84 Å². The van der Waals surface area contributed by atoms with Crippen LogP contribution in [0.4, 0.5) is 5.82 Å². The fraction of sp³-hybridized carbons (Fsp3) is 0.615. The minimum atomic E-state index is 0.0579. The van der Waals surface area contributed by atoms with Gasteiger partial charge in [0.1, 0.15) is 16.7 Å². The molecule has 2 aromatic heterocycles. The van der Waals surface area contributed by atoms with Crippen molar-refractivity contribution in [2.24, 2.45) is 7.05 Å². The van der Waals surface area contributed by atoms with Gasteiger partial charge in [-0.05, 0) is 28.8 Å². The van der Waals surface area contributed by atoms with Crippen LogP contribution in [0, 0.1) is 0 Å². The van der Waals surface area contributed by atoms with Crippen molar-refractivity contribution in [1.29, 1.82) is 0 Å². The third-order valence-corrected chi connectivity index (χ3v) is 4.24. The van der Waals surface area contributed by atoms with Gasteiger partial charge in [0.15, 0.2) is 5.65 Å². The summed E-state index contributed by atoms with van der Waals surface area (Å²) in [6.07, 6.45) is 3.76. The smallest absolute Gasteiger partial charge is 0.164 e. The SMILES string of the molecule is Cn1nc(Br)c2c(N3CCCC(OCCO)C3)ncnc21. The normalized spacial score (nSPS) is 19.4. The van der Waals surface area contributed by atoms with Crippen LogP contribution < -0.4 is 4.90 Å². The Hall–Kier alpha value is -1.25. The molecule has 3 rings (SSSR count). The Morgan fingerprint density at radius 2 is 2.33 bits per heavy atom. The Bertz CT molecular complexity index is 632. The largest absolute Gasteiger partial charge is 0.394 e. The molecule has 8 heteroatoms. The highest BCUT2D eigenvalue weighted by Gasteiger charge is 2.24. The van der Waals surface area contributed by atoms with Gasteiger partial charge in [-0.2, -0.15) is 5.10 Å². The molecule has 0 aromatic carbocycles. The number of hydrogen-bond donors (Lipinski definition) is 1. The van der Waals surface area contributed by atoms with E-state index in [0.717, 1.165) is 47.4 Å². The van der Waals surface area contributed by atoms with Crippen molar-refractivity contribution >= 4 is 32.8 Å². The van der Waals surface area contributed by atoms with E-state index in [4.69, 9.17) is 9.84 Å². The topological polar surface area (TPSA) is 76.3 Å². The predicted molar refractivity (Wildman–Crippen MR) is 82.3 cm³/mol. The van der Waals surface area contributed by atoms with Crippen LogP contribution in [0.3, 0.4) is 0 Å². The molecule has 1 fully saturated rings. The van der Waals surface area contributed by atoms with Crippen LogP contribution >= 0.6 is 15.9 Å². The number of aryl methyl sites for hydroxylation is 1. The van der Waals surface area contributed by atoms with Crippen molar-refractivity contribution in [2.75, 3.05) is 31.2 Å². The molecule has 2 aromatic rings. The minimum absolute atomic E-state index is 0.0579. The van der Waals surface area contributed by atoms with Crippen molar-refractivity contribution in [3.63, 3.8) is 0 Å². The van der Waals surface area contributed by atoms with Crippen LogP contribution in [-0.4, -0.2) is 57.3 Å². The number of rotatable bonds is 4. The van der Waals surface area contributed by atoms with E-state index in [9.17, 15) is 0 Å². The molecule has 0 spiro atoms. The number of fused-ring (bicyclic) bond motifs is 1. The fourth-order valence-corrected chi connectivity index (χ4v) is 3.34. The molecular weight excluding hydrogens is 338 g/mol. The van der Waals surface area contributed by atoms with E-state index in [-0.39, 0.29) is 12.7 Å². The summed E-state index contributed by atoms with van der Waals surface area (Å²) in [6.45, 7) is 2.15. The molecule has 1 unspecified atom stereocenters. The number of anilines is 1. The van der Waals surface area contributed by atoms with Gasteiger partial charge in [0.2, 0.25) is 0 Å². The fourth-order valence-electron chi connectivity index (χ4n) is 2.75. The number of aliphatic hydroxyl groups excluding tert-OH is 1. The summed E-state index contributed by atoms with van der Waals surface area (Å²) < 4.78 is 8.17. The molecule has 3 heterocycles. The third-order valence-electron chi connectivity index (χ3n) is 3.68. The number of nitrogens with zero attached hydrogens (tertiary/aromatic N) is 5. The molecule has 0 bridgehead atoms. The molecule has 0 saturated carbocycles. The van der Waals surface area contributed by atoms with Crippen LogP contribution in [-0.2, 0) is 11.8 Å². The highest BCUT2D eigenvalue weighted by atomic mass is 79.9.